The lowest BCUT2D eigenvalue weighted by Crippen LogP contribution is -2.42. The Bertz CT molecular complexity index is 1070. The third-order valence-corrected chi connectivity index (χ3v) is 7.89. The third-order valence-electron chi connectivity index (χ3n) is 7.21. The van der Waals surface area contributed by atoms with Crippen molar-refractivity contribution in [3.63, 3.8) is 0 Å². The van der Waals surface area contributed by atoms with Crippen molar-refractivity contribution in [3.8, 4) is 11.4 Å². The van der Waals surface area contributed by atoms with E-state index in [0.717, 1.165) is 31.6 Å². The summed E-state index contributed by atoms with van der Waals surface area (Å²) < 4.78 is 41.4. The van der Waals surface area contributed by atoms with Gasteiger partial charge in [-0.1, -0.05) is 27.4 Å². The third kappa shape index (κ3) is 5.88. The van der Waals surface area contributed by atoms with Gasteiger partial charge in [0.15, 0.2) is 11.5 Å². The van der Waals surface area contributed by atoms with Gasteiger partial charge in [-0.3, -0.25) is 4.79 Å². The first-order valence-electron chi connectivity index (χ1n) is 12.2. The highest BCUT2D eigenvalue weighted by Crippen LogP contribution is 2.36. The lowest BCUT2D eigenvalue weighted by molar-refractivity contribution is -0.142. The first-order chi connectivity index (χ1) is 16.5. The Kier molecular flexibility index (Phi) is 7.54. The van der Waals surface area contributed by atoms with Crippen molar-refractivity contribution in [1.29, 1.82) is 0 Å². The molecule has 0 aromatic carbocycles. The number of fused-ring (bicyclic) bond motifs is 1. The van der Waals surface area contributed by atoms with Gasteiger partial charge in [0.25, 0.3) is 0 Å². The van der Waals surface area contributed by atoms with Gasteiger partial charge in [0.1, 0.15) is 0 Å². The van der Waals surface area contributed by atoms with Crippen molar-refractivity contribution in [3.05, 3.63) is 46.1 Å². The van der Waals surface area contributed by atoms with Gasteiger partial charge in [-0.2, -0.15) is 24.5 Å². The molecule has 2 aliphatic heterocycles. The van der Waals surface area contributed by atoms with Gasteiger partial charge < -0.3 is 9.80 Å². The van der Waals surface area contributed by atoms with E-state index in [1.165, 1.54) is 11.3 Å². The summed E-state index contributed by atoms with van der Waals surface area (Å²) in [6.45, 7) is 12.8. The number of halogens is 3. The van der Waals surface area contributed by atoms with Crippen molar-refractivity contribution < 1.29 is 18.0 Å². The zero-order valence-electron chi connectivity index (χ0n) is 20.6. The van der Waals surface area contributed by atoms with Crippen molar-refractivity contribution in [2.45, 2.75) is 59.2 Å². The molecule has 4 rings (SSSR count). The molecule has 2 aromatic rings. The molecule has 0 bridgehead atoms. The fourth-order valence-corrected chi connectivity index (χ4v) is 5.55. The highest BCUT2D eigenvalue weighted by atomic mass is 32.1. The smallest absolute Gasteiger partial charge is 0.375 e. The first kappa shape index (κ1) is 25.7. The maximum absolute atomic E-state index is 13.8. The number of allylic oxidation sites excluding steroid dienone is 1. The minimum atomic E-state index is -4.57. The summed E-state index contributed by atoms with van der Waals surface area (Å²) in [5.74, 6) is 1.06. The van der Waals surface area contributed by atoms with Crippen LogP contribution in [0.15, 0.2) is 29.1 Å². The van der Waals surface area contributed by atoms with E-state index in [1.807, 2.05) is 0 Å². The Morgan fingerprint density at radius 3 is 2.71 bits per heavy atom. The number of likely N-dealkylation sites (tertiary alicyclic amines) is 1. The standard InChI is InChI=1S/C26H33F3N4OS/c1-16(2)20(13-33-12-17(3)5-6-18(33)4)11-23(34)32-9-7-21-22(14-32)30-25(19-8-10-35-15-19)31-24(21)26(27,28)29/h8,10,15-17,20H,4-7,9,11-14H2,1-3H3/t17-,20+/m1/s1. The average molecular weight is 507 g/mol. The lowest BCUT2D eigenvalue weighted by Gasteiger charge is -2.38. The highest BCUT2D eigenvalue weighted by molar-refractivity contribution is 7.08. The van der Waals surface area contributed by atoms with Crippen LogP contribution in [0.5, 0.6) is 0 Å². The molecule has 1 saturated heterocycles. The molecule has 0 unspecified atom stereocenters. The highest BCUT2D eigenvalue weighted by Gasteiger charge is 2.39. The molecule has 1 amide bonds. The van der Waals surface area contributed by atoms with Crippen LogP contribution in [-0.2, 0) is 23.9 Å². The summed E-state index contributed by atoms with van der Waals surface area (Å²) in [5, 5.41) is 3.52. The van der Waals surface area contributed by atoms with Crippen LogP contribution in [-0.4, -0.2) is 45.3 Å². The summed E-state index contributed by atoms with van der Waals surface area (Å²) in [6, 6.07) is 1.71. The zero-order chi connectivity index (χ0) is 25.3. The lowest BCUT2D eigenvalue weighted by atomic mass is 9.89. The Morgan fingerprint density at radius 1 is 1.29 bits per heavy atom. The van der Waals surface area contributed by atoms with E-state index in [-0.39, 0.29) is 42.7 Å². The molecule has 190 valence electrons. The molecule has 5 nitrogen and oxygen atoms in total. The Balaban J connectivity index is 1.52. The van der Waals surface area contributed by atoms with Crippen LogP contribution in [0.1, 0.15) is 57.0 Å². The van der Waals surface area contributed by atoms with Gasteiger partial charge in [0.2, 0.25) is 5.91 Å². The molecule has 0 N–H and O–H groups in total. The van der Waals surface area contributed by atoms with E-state index in [9.17, 15) is 18.0 Å². The van der Waals surface area contributed by atoms with E-state index in [0.29, 0.717) is 29.5 Å². The van der Waals surface area contributed by atoms with Gasteiger partial charge in [-0.25, -0.2) is 9.97 Å². The number of rotatable bonds is 6. The summed E-state index contributed by atoms with van der Waals surface area (Å²) in [5.41, 5.74) is 1.22. The van der Waals surface area contributed by atoms with E-state index >= 15 is 0 Å². The van der Waals surface area contributed by atoms with Crippen molar-refractivity contribution in [2.75, 3.05) is 19.6 Å². The molecule has 1 fully saturated rings. The molecule has 0 spiro atoms. The van der Waals surface area contributed by atoms with E-state index in [4.69, 9.17) is 0 Å². The number of thiophene rings is 1. The maximum Gasteiger partial charge on any atom is 0.433 e. The number of aromatic nitrogens is 2. The van der Waals surface area contributed by atoms with Gasteiger partial charge in [-0.05, 0) is 48.5 Å². The minimum absolute atomic E-state index is 0.0331. The van der Waals surface area contributed by atoms with Crippen LogP contribution in [0, 0.1) is 17.8 Å². The average Bonchev–Trinajstić information content (AvgIpc) is 3.34. The monoisotopic (exact) mass is 506 g/mol. The minimum Gasteiger partial charge on any atom is -0.375 e. The maximum atomic E-state index is 13.8. The van der Waals surface area contributed by atoms with Crippen LogP contribution in [0.4, 0.5) is 13.2 Å². The van der Waals surface area contributed by atoms with E-state index in [1.54, 1.807) is 21.7 Å². The molecule has 2 aromatic heterocycles. The number of nitrogens with zero attached hydrogens (tertiary/aromatic N) is 4. The Hall–Kier alpha value is -2.42. The number of piperidine rings is 1. The SMILES string of the molecule is C=C1CC[C@@H](C)CN1C[C@H](CC(=O)N1CCc2c(nc(-c3ccsc3)nc2C(F)(F)F)C1)C(C)C. The predicted molar refractivity (Wildman–Crippen MR) is 132 cm³/mol. The number of hydrogen-bond acceptors (Lipinski definition) is 5. The molecule has 9 heteroatoms. The molecule has 0 radical (unpaired) electrons. The van der Waals surface area contributed by atoms with Crippen molar-refractivity contribution in [1.82, 2.24) is 19.8 Å². The quantitative estimate of drug-likeness (QED) is 0.481. The topological polar surface area (TPSA) is 49.3 Å². The van der Waals surface area contributed by atoms with Crippen molar-refractivity contribution >= 4 is 17.2 Å². The summed E-state index contributed by atoms with van der Waals surface area (Å²) in [4.78, 5) is 25.6. The molecule has 35 heavy (non-hydrogen) atoms. The summed E-state index contributed by atoms with van der Waals surface area (Å²) in [7, 11) is 0. The van der Waals surface area contributed by atoms with Gasteiger partial charge >= 0.3 is 6.18 Å². The van der Waals surface area contributed by atoms with Crippen LogP contribution in [0.25, 0.3) is 11.4 Å². The molecule has 4 heterocycles. The second-order valence-electron chi connectivity index (χ2n) is 10.2. The Morgan fingerprint density at radius 2 is 2.06 bits per heavy atom. The second-order valence-corrected chi connectivity index (χ2v) is 11.0. The normalized spacial score (nSPS) is 19.7. The van der Waals surface area contributed by atoms with Gasteiger partial charge in [0, 0.05) is 48.3 Å². The fourth-order valence-electron chi connectivity index (χ4n) is 4.92. The molecular formula is C26H33F3N4OS. The second kappa shape index (κ2) is 10.3. The zero-order valence-corrected chi connectivity index (χ0v) is 21.4. The number of hydrogen-bond donors (Lipinski definition) is 0. The van der Waals surface area contributed by atoms with Crippen LogP contribution in [0.2, 0.25) is 0 Å². The molecule has 2 atom stereocenters. The van der Waals surface area contributed by atoms with Gasteiger partial charge in [-0.15, -0.1) is 0 Å². The molecular weight excluding hydrogens is 473 g/mol. The van der Waals surface area contributed by atoms with E-state index < -0.39 is 11.9 Å². The number of carbonyl (C=O) groups is 1. The summed E-state index contributed by atoms with van der Waals surface area (Å²) >= 11 is 1.38. The fraction of sp³-hybridized carbons (Fsp3) is 0.577. The van der Waals surface area contributed by atoms with Crippen LogP contribution in [0.3, 0.4) is 0 Å². The number of carbonyl (C=O) groups excluding carboxylic acids is 1. The first-order valence-corrected chi connectivity index (χ1v) is 13.2. The molecule has 2 aliphatic rings. The van der Waals surface area contributed by atoms with Crippen LogP contribution < -0.4 is 0 Å². The largest absolute Gasteiger partial charge is 0.433 e. The van der Waals surface area contributed by atoms with Gasteiger partial charge in [0.05, 0.1) is 12.2 Å². The van der Waals surface area contributed by atoms with Crippen molar-refractivity contribution in [2.24, 2.45) is 17.8 Å². The predicted octanol–water partition coefficient (Wildman–Crippen LogP) is 6.02. The number of amides is 1. The number of alkyl halides is 3. The molecule has 0 saturated carbocycles. The summed E-state index contributed by atoms with van der Waals surface area (Å²) in [6.07, 6.45) is -1.98. The van der Waals surface area contributed by atoms with E-state index in [2.05, 4.69) is 42.2 Å². The molecule has 0 aliphatic carbocycles. The Labute approximate surface area is 209 Å². The van der Waals surface area contributed by atoms with Crippen LogP contribution >= 0.6 is 11.3 Å².